The average Bonchev–Trinajstić information content (AvgIpc) is 3.28. The van der Waals surface area contributed by atoms with Gasteiger partial charge in [0.2, 0.25) is 0 Å². The zero-order valence-corrected chi connectivity index (χ0v) is 43.5. The third kappa shape index (κ3) is 24.7. The Labute approximate surface area is 411 Å². The van der Waals surface area contributed by atoms with E-state index in [9.17, 15) is 25.3 Å². The maximum atomic E-state index is 9.91. The molecule has 0 fully saturated rings. The summed E-state index contributed by atoms with van der Waals surface area (Å²) in [4.78, 5) is 9.10. The summed E-state index contributed by atoms with van der Waals surface area (Å²) in [7, 11) is -0.811. The van der Waals surface area contributed by atoms with E-state index in [0.29, 0.717) is 23.0 Å². The van der Waals surface area contributed by atoms with E-state index in [0.717, 1.165) is 39.2 Å². The summed E-state index contributed by atoms with van der Waals surface area (Å²) < 4.78 is 112. The predicted molar refractivity (Wildman–Crippen MR) is 243 cm³/mol. The Balaban J connectivity index is 0.00000153. The van der Waals surface area contributed by atoms with Crippen molar-refractivity contribution in [3.8, 4) is 23.0 Å². The molecule has 6 rings (SSSR count). The molecule has 6 aromatic carbocycles. The van der Waals surface area contributed by atoms with E-state index in [1.165, 1.54) is 0 Å². The number of aliphatic hydroxyl groups is 4. The number of rotatable bonds is 20. The van der Waals surface area contributed by atoms with Crippen molar-refractivity contribution in [3.05, 3.63) is 146 Å². The Kier molecular flexibility index (Phi) is 28.3. The quantitative estimate of drug-likeness (QED) is 0.0501. The zero-order valence-electron chi connectivity index (χ0n) is 35.7. The van der Waals surface area contributed by atoms with E-state index in [4.69, 9.17) is 39.4 Å². The van der Waals surface area contributed by atoms with E-state index in [-0.39, 0.29) is 67.0 Å². The topological polar surface area (TPSA) is 118 Å². The molecule has 8 nitrogen and oxygen atoms in total. The van der Waals surface area contributed by atoms with Gasteiger partial charge in [0.15, 0.2) is 29.4 Å². The minimum atomic E-state index is -9.19. The van der Waals surface area contributed by atoms with Crippen LogP contribution in [-0.4, -0.2) is 115 Å². The molecule has 0 unspecified atom stereocenters. The van der Waals surface area contributed by atoms with Crippen molar-refractivity contribution in [2.24, 2.45) is 0 Å². The van der Waals surface area contributed by atoms with Gasteiger partial charge in [-0.2, -0.15) is 0 Å². The van der Waals surface area contributed by atoms with Gasteiger partial charge < -0.3 is 48.8 Å². The molecule has 6 aromatic rings. The SMILES string of the molecule is F.OCCOc1ccc([S+](c2ccc(OCCO)cc2)c2ccc(Sc3ccc([S+](c4ccc(OCCO)cc4)c4ccc(OCCO)cc4)cc3)cc2)cc1.[F-].[F-].[F][SbH]([F])([F])[F].[F][Sb]([F])([F])([F])[F]. The second kappa shape index (κ2) is 30.8. The average molecular weight is 1270 g/mol. The van der Waals surface area contributed by atoms with Gasteiger partial charge in [-0.1, -0.05) is 11.8 Å². The van der Waals surface area contributed by atoms with E-state index >= 15 is 0 Å². The monoisotopic (exact) mass is 1270 g/mol. The van der Waals surface area contributed by atoms with Crippen LogP contribution >= 0.6 is 11.8 Å². The predicted octanol–water partition coefficient (Wildman–Crippen LogP) is 4.43. The van der Waals surface area contributed by atoms with Crippen LogP contribution in [0.3, 0.4) is 0 Å². The Morgan fingerprint density at radius 3 is 0.696 bits per heavy atom. The molecule has 0 radical (unpaired) electrons. The second-order valence-electron chi connectivity index (χ2n) is 12.9. The fraction of sp³-hybridized carbons (Fsp3) is 0.182. The molecule has 0 aromatic heterocycles. The first-order valence-corrected chi connectivity index (χ1v) is 31.8. The van der Waals surface area contributed by atoms with E-state index < -0.39 is 63.2 Å². The van der Waals surface area contributed by atoms with Gasteiger partial charge in [-0.05, 0) is 146 Å². The van der Waals surface area contributed by atoms with E-state index in [1.807, 2.05) is 48.5 Å². The third-order valence-corrected chi connectivity index (χ3v) is 13.5. The van der Waals surface area contributed by atoms with Crippen molar-refractivity contribution in [2.75, 3.05) is 52.9 Å². The van der Waals surface area contributed by atoms with Crippen molar-refractivity contribution in [2.45, 2.75) is 39.2 Å². The minimum absolute atomic E-state index is 0. The molecular weight excluding hydrogens is 1220 g/mol. The van der Waals surface area contributed by atoms with Gasteiger partial charge in [-0.15, -0.1) is 0 Å². The fourth-order valence-electron chi connectivity index (χ4n) is 5.58. The van der Waals surface area contributed by atoms with Crippen LogP contribution in [-0.2, 0) is 21.8 Å². The van der Waals surface area contributed by atoms with Gasteiger partial charge in [0, 0.05) is 9.79 Å². The molecule has 0 atom stereocenters. The van der Waals surface area contributed by atoms with Gasteiger partial charge >= 0.3 is 66.7 Å². The van der Waals surface area contributed by atoms with Crippen LogP contribution < -0.4 is 28.4 Å². The van der Waals surface area contributed by atoms with Crippen LogP contribution in [0, 0.1) is 0 Å². The molecule has 0 saturated heterocycles. The molecule has 25 heteroatoms. The second-order valence-corrected chi connectivity index (χ2v) is 24.2. The van der Waals surface area contributed by atoms with Crippen LogP contribution in [0.25, 0.3) is 0 Å². The Morgan fingerprint density at radius 2 is 0.536 bits per heavy atom. The molecule has 69 heavy (non-hydrogen) atoms. The maximum absolute atomic E-state index is 9.91. The van der Waals surface area contributed by atoms with Crippen molar-refractivity contribution < 1.29 is 78.8 Å². The summed E-state index contributed by atoms with van der Waals surface area (Å²) in [6.45, 7) is 0.825. The Hall–Kier alpha value is -3.79. The summed E-state index contributed by atoms with van der Waals surface area (Å²) in [5, 5.41) is 36.7. The summed E-state index contributed by atoms with van der Waals surface area (Å²) in [5.74, 6) is 2.84. The number of halogens is 12. The van der Waals surface area contributed by atoms with Gasteiger partial charge in [0.1, 0.15) is 49.4 Å². The Bertz CT molecular complexity index is 2050. The van der Waals surface area contributed by atoms with Crippen LogP contribution in [0.15, 0.2) is 185 Å². The summed E-state index contributed by atoms with van der Waals surface area (Å²) in [6.07, 6.45) is 0. The van der Waals surface area contributed by atoms with Crippen LogP contribution in [0.5, 0.6) is 23.0 Å². The molecule has 0 spiro atoms. The number of hydrogen-bond donors (Lipinski definition) is 4. The first-order valence-electron chi connectivity index (χ1n) is 19.4. The molecule has 0 aliphatic heterocycles. The molecule has 0 amide bonds. The molecule has 0 bridgehead atoms. The molecule has 0 aliphatic carbocycles. The molecule has 0 saturated carbocycles. The van der Waals surface area contributed by atoms with Crippen molar-refractivity contribution in [3.63, 3.8) is 0 Å². The van der Waals surface area contributed by atoms with Crippen LogP contribution in [0.2, 0.25) is 0 Å². The van der Waals surface area contributed by atoms with E-state index in [2.05, 4.69) is 97.1 Å². The van der Waals surface area contributed by atoms with Crippen molar-refractivity contribution in [1.29, 1.82) is 0 Å². The molecule has 382 valence electrons. The van der Waals surface area contributed by atoms with Crippen molar-refractivity contribution in [1.82, 2.24) is 0 Å². The number of hydrogen-bond acceptors (Lipinski definition) is 9. The van der Waals surface area contributed by atoms with E-state index in [1.54, 1.807) is 11.8 Å². The van der Waals surface area contributed by atoms with Gasteiger partial charge in [0.05, 0.1) is 48.2 Å². The molecule has 0 aliphatic rings. The van der Waals surface area contributed by atoms with Gasteiger partial charge in [-0.25, -0.2) is 0 Å². The molecule has 0 heterocycles. The molecular formula is C44H46F12O8S3Sb2. The molecule has 4 N–H and O–H groups in total. The normalized spacial score (nSPS) is 11.7. The van der Waals surface area contributed by atoms with Gasteiger partial charge in [0.25, 0.3) is 0 Å². The zero-order chi connectivity index (χ0) is 48.2. The summed E-state index contributed by atoms with van der Waals surface area (Å²) in [5.41, 5.74) is 0. The van der Waals surface area contributed by atoms with Gasteiger partial charge in [-0.3, -0.25) is 4.70 Å². The third-order valence-electron chi connectivity index (χ3n) is 8.03. The number of aliphatic hydroxyl groups excluding tert-OH is 4. The standard InChI is InChI=1S/C44H44O8S3.12FH.2Sb.H/c45-25-29-49-33-1-13-39(14-2-33)54(40-15-3-34(4-16-40)50-30-26-46)43-21-9-37(10-22-43)53-38-11-23-44(24-12-38)55(41-17-5-35(6-18-41)51-31-27-47)42-19-7-36(8-20-42)52-32-28-48;;;;;;;;;;;;;;;/h1-24,45-48H,25-32H2;12*1H;;;/q+2;;;;;;;;;;;;;+4;+5;/p-11. The summed E-state index contributed by atoms with van der Waals surface area (Å²) in [6, 6.07) is 49.5. The number of ether oxygens (including phenoxy) is 4. The van der Waals surface area contributed by atoms with Crippen LogP contribution in [0.4, 0.5) is 30.0 Å². The number of benzene rings is 6. The Morgan fingerprint density at radius 1 is 0.377 bits per heavy atom. The summed E-state index contributed by atoms with van der Waals surface area (Å²) >= 11 is -14.7. The van der Waals surface area contributed by atoms with Crippen molar-refractivity contribution >= 4 is 75.0 Å². The first-order chi connectivity index (χ1) is 31.3. The fourth-order valence-corrected chi connectivity index (χ4v) is 10.5. The van der Waals surface area contributed by atoms with Crippen LogP contribution in [0.1, 0.15) is 0 Å². The first kappa shape index (κ1) is 63.2.